The molecule has 5 heteroatoms. The number of hydrogen-bond donors (Lipinski definition) is 1. The van der Waals surface area contributed by atoms with Gasteiger partial charge >= 0.3 is 5.97 Å². The maximum Gasteiger partial charge on any atom is 0.341 e. The van der Waals surface area contributed by atoms with Gasteiger partial charge in [-0.1, -0.05) is 6.07 Å². The second-order valence-corrected chi connectivity index (χ2v) is 5.60. The Bertz CT molecular complexity index is 523. The van der Waals surface area contributed by atoms with E-state index in [9.17, 15) is 9.59 Å². The van der Waals surface area contributed by atoms with Crippen LogP contribution in [-0.2, 0) is 4.79 Å². The topological polar surface area (TPSA) is 66.8 Å². The summed E-state index contributed by atoms with van der Waals surface area (Å²) in [5.74, 6) is -0.652. The molecule has 2 rings (SSSR count). The molecule has 114 valence electrons. The zero-order chi connectivity index (χ0) is 15.4. The van der Waals surface area contributed by atoms with Crippen LogP contribution in [0.3, 0.4) is 0 Å². The Labute approximate surface area is 124 Å². The number of carbonyl (C=O) groups excluding carboxylic acids is 1. The van der Waals surface area contributed by atoms with Crippen LogP contribution >= 0.6 is 0 Å². The van der Waals surface area contributed by atoms with Crippen molar-refractivity contribution in [1.82, 2.24) is 4.90 Å². The highest BCUT2D eigenvalue weighted by Crippen LogP contribution is 2.28. The molecular formula is C16H21NO4. The van der Waals surface area contributed by atoms with Crippen molar-refractivity contribution in [3.8, 4) is 5.75 Å². The molecule has 1 aliphatic carbocycles. The Balaban J connectivity index is 2.13. The largest absolute Gasteiger partial charge is 0.482 e. The molecular weight excluding hydrogens is 270 g/mol. The van der Waals surface area contributed by atoms with Gasteiger partial charge in [0.25, 0.3) is 5.91 Å². The third kappa shape index (κ3) is 3.74. The number of rotatable bonds is 6. The fraction of sp³-hybridized carbons (Fsp3) is 0.500. The van der Waals surface area contributed by atoms with Gasteiger partial charge in [-0.3, -0.25) is 4.79 Å². The van der Waals surface area contributed by atoms with Gasteiger partial charge in [0.1, 0.15) is 5.75 Å². The molecule has 0 aliphatic heterocycles. The van der Waals surface area contributed by atoms with Crippen LogP contribution in [-0.4, -0.2) is 40.6 Å². The molecule has 1 aromatic carbocycles. The van der Waals surface area contributed by atoms with E-state index in [1.807, 2.05) is 18.7 Å². The van der Waals surface area contributed by atoms with Gasteiger partial charge in [-0.15, -0.1) is 0 Å². The van der Waals surface area contributed by atoms with Gasteiger partial charge < -0.3 is 14.7 Å². The SMILES string of the molecule is CC(C)N(C(=O)c1cccc(OCC(=O)O)c1)C1CCC1. The van der Waals surface area contributed by atoms with Crippen LogP contribution in [0.4, 0.5) is 0 Å². The molecule has 0 unspecified atom stereocenters. The number of nitrogens with zero attached hydrogens (tertiary/aromatic N) is 1. The number of benzene rings is 1. The number of carbonyl (C=O) groups is 2. The Hall–Kier alpha value is -2.04. The average Bonchev–Trinajstić information content (AvgIpc) is 2.39. The standard InChI is InChI=1S/C16H21NO4/c1-11(2)17(13-6-4-7-13)16(20)12-5-3-8-14(9-12)21-10-15(18)19/h3,5,8-9,11,13H,4,6-7,10H2,1-2H3,(H,18,19). The first-order valence-corrected chi connectivity index (χ1v) is 7.26. The molecule has 1 aliphatic rings. The molecule has 0 saturated heterocycles. The predicted octanol–water partition coefficient (Wildman–Crippen LogP) is 2.55. The van der Waals surface area contributed by atoms with Crippen molar-refractivity contribution in [2.45, 2.75) is 45.2 Å². The minimum absolute atomic E-state index is 0.0181. The van der Waals surface area contributed by atoms with Crippen molar-refractivity contribution in [1.29, 1.82) is 0 Å². The number of ether oxygens (including phenoxy) is 1. The minimum Gasteiger partial charge on any atom is -0.482 e. The van der Waals surface area contributed by atoms with Crippen LogP contribution < -0.4 is 4.74 Å². The second-order valence-electron chi connectivity index (χ2n) is 5.60. The molecule has 0 atom stereocenters. The van der Waals surface area contributed by atoms with E-state index in [0.717, 1.165) is 12.8 Å². The zero-order valence-electron chi connectivity index (χ0n) is 12.4. The van der Waals surface area contributed by atoms with Crippen LogP contribution in [0.15, 0.2) is 24.3 Å². The van der Waals surface area contributed by atoms with Crippen LogP contribution in [0.2, 0.25) is 0 Å². The lowest BCUT2D eigenvalue weighted by Crippen LogP contribution is -2.48. The van der Waals surface area contributed by atoms with E-state index < -0.39 is 12.6 Å². The van der Waals surface area contributed by atoms with Crippen molar-refractivity contribution >= 4 is 11.9 Å². The van der Waals surface area contributed by atoms with Crippen LogP contribution in [0, 0.1) is 0 Å². The summed E-state index contributed by atoms with van der Waals surface area (Å²) >= 11 is 0. The Kier molecular flexibility index (Phi) is 4.83. The lowest BCUT2D eigenvalue weighted by molar-refractivity contribution is -0.139. The first kappa shape index (κ1) is 15.4. The van der Waals surface area contributed by atoms with Gasteiger partial charge in [-0.2, -0.15) is 0 Å². The molecule has 0 heterocycles. The molecule has 1 amide bonds. The third-order valence-corrected chi connectivity index (χ3v) is 3.70. The first-order chi connectivity index (χ1) is 9.99. The minimum atomic E-state index is -1.04. The second kappa shape index (κ2) is 6.61. The first-order valence-electron chi connectivity index (χ1n) is 7.26. The van der Waals surface area contributed by atoms with E-state index in [-0.39, 0.29) is 11.9 Å². The fourth-order valence-corrected chi connectivity index (χ4v) is 2.50. The lowest BCUT2D eigenvalue weighted by Gasteiger charge is -2.40. The van der Waals surface area contributed by atoms with Crippen LogP contribution in [0.1, 0.15) is 43.5 Å². The Morgan fingerprint density at radius 2 is 2.10 bits per heavy atom. The lowest BCUT2D eigenvalue weighted by atomic mass is 9.90. The molecule has 0 radical (unpaired) electrons. The highest BCUT2D eigenvalue weighted by Gasteiger charge is 2.31. The van der Waals surface area contributed by atoms with Gasteiger partial charge in [-0.25, -0.2) is 4.79 Å². The molecule has 5 nitrogen and oxygen atoms in total. The molecule has 1 fully saturated rings. The summed E-state index contributed by atoms with van der Waals surface area (Å²) in [6.45, 7) is 3.62. The van der Waals surface area contributed by atoms with E-state index >= 15 is 0 Å². The molecule has 0 spiro atoms. The summed E-state index contributed by atoms with van der Waals surface area (Å²) in [5.41, 5.74) is 0.540. The number of hydrogen-bond acceptors (Lipinski definition) is 3. The zero-order valence-corrected chi connectivity index (χ0v) is 12.4. The maximum atomic E-state index is 12.7. The van der Waals surface area contributed by atoms with Gasteiger partial charge in [0.2, 0.25) is 0 Å². The maximum absolute atomic E-state index is 12.7. The molecule has 1 saturated carbocycles. The van der Waals surface area contributed by atoms with E-state index in [1.54, 1.807) is 24.3 Å². The van der Waals surface area contributed by atoms with Crippen molar-refractivity contribution in [2.24, 2.45) is 0 Å². The average molecular weight is 291 g/mol. The quantitative estimate of drug-likeness (QED) is 0.874. The molecule has 1 aromatic rings. The Morgan fingerprint density at radius 3 is 2.62 bits per heavy atom. The van der Waals surface area contributed by atoms with Crippen LogP contribution in [0.25, 0.3) is 0 Å². The summed E-state index contributed by atoms with van der Waals surface area (Å²) in [5, 5.41) is 8.63. The molecule has 0 bridgehead atoms. The smallest absolute Gasteiger partial charge is 0.341 e. The van der Waals surface area contributed by atoms with E-state index in [1.165, 1.54) is 6.42 Å². The molecule has 1 N–H and O–H groups in total. The van der Waals surface area contributed by atoms with Crippen molar-refractivity contribution in [3.05, 3.63) is 29.8 Å². The third-order valence-electron chi connectivity index (χ3n) is 3.70. The van der Waals surface area contributed by atoms with E-state index in [4.69, 9.17) is 9.84 Å². The highest BCUT2D eigenvalue weighted by molar-refractivity contribution is 5.95. The number of carboxylic acids is 1. The van der Waals surface area contributed by atoms with Gasteiger partial charge in [0.15, 0.2) is 6.61 Å². The number of aliphatic carboxylic acids is 1. The van der Waals surface area contributed by atoms with Crippen molar-refractivity contribution in [2.75, 3.05) is 6.61 Å². The summed E-state index contributed by atoms with van der Waals surface area (Å²) in [4.78, 5) is 25.1. The van der Waals surface area contributed by atoms with Gasteiger partial charge in [0, 0.05) is 17.6 Å². The highest BCUT2D eigenvalue weighted by atomic mass is 16.5. The number of amides is 1. The Morgan fingerprint density at radius 1 is 1.38 bits per heavy atom. The summed E-state index contributed by atoms with van der Waals surface area (Å²) in [6.07, 6.45) is 3.28. The summed E-state index contributed by atoms with van der Waals surface area (Å²) in [6, 6.07) is 7.18. The summed E-state index contributed by atoms with van der Waals surface area (Å²) in [7, 11) is 0. The van der Waals surface area contributed by atoms with Gasteiger partial charge in [-0.05, 0) is 51.3 Å². The number of carboxylic acid groups (broad SMARTS) is 1. The van der Waals surface area contributed by atoms with Gasteiger partial charge in [0.05, 0.1) is 0 Å². The fourth-order valence-electron chi connectivity index (χ4n) is 2.50. The predicted molar refractivity (Wildman–Crippen MR) is 78.5 cm³/mol. The molecule has 21 heavy (non-hydrogen) atoms. The van der Waals surface area contributed by atoms with Crippen molar-refractivity contribution < 1.29 is 19.4 Å². The van der Waals surface area contributed by atoms with E-state index in [2.05, 4.69) is 0 Å². The van der Waals surface area contributed by atoms with Crippen molar-refractivity contribution in [3.63, 3.8) is 0 Å². The van der Waals surface area contributed by atoms with E-state index in [0.29, 0.717) is 17.4 Å². The normalized spacial score (nSPS) is 14.6. The van der Waals surface area contributed by atoms with Crippen LogP contribution in [0.5, 0.6) is 5.75 Å². The molecule has 0 aromatic heterocycles. The summed E-state index contributed by atoms with van der Waals surface area (Å²) < 4.78 is 5.13. The monoisotopic (exact) mass is 291 g/mol.